The number of ether oxygens (including phenoxy) is 2. The molecule has 0 aromatic heterocycles. The summed E-state index contributed by atoms with van der Waals surface area (Å²) < 4.78 is 9.94. The van der Waals surface area contributed by atoms with E-state index in [4.69, 9.17) is 27.9 Å². The summed E-state index contributed by atoms with van der Waals surface area (Å²) in [6.07, 6.45) is 11.4. The summed E-state index contributed by atoms with van der Waals surface area (Å²) in [4.78, 5) is 57.6. The van der Waals surface area contributed by atoms with Gasteiger partial charge in [-0.2, -0.15) is 0 Å². The summed E-state index contributed by atoms with van der Waals surface area (Å²) in [6, 6.07) is 29.6. The Morgan fingerprint density at radius 1 is 0.579 bits per heavy atom. The Labute approximate surface area is 374 Å². The summed E-state index contributed by atoms with van der Waals surface area (Å²) in [7, 11) is 0. The van der Waals surface area contributed by atoms with Crippen molar-refractivity contribution in [3.63, 3.8) is 0 Å². The topological polar surface area (TPSA) is 104 Å². The second kappa shape index (κ2) is 23.8. The summed E-state index contributed by atoms with van der Waals surface area (Å²) in [5, 5.41) is 1.55. The Bertz CT molecular complexity index is 1980. The number of Topliss-reactive ketones (excluding diaryl/α,β-unsaturated/α-hetero) is 2. The molecule has 4 aromatic rings. The molecular weight excluding hydrogens is 1100 g/mol. The van der Waals surface area contributed by atoms with Gasteiger partial charge in [-0.1, -0.05) is 91.3 Å². The number of rotatable bonds is 4. The van der Waals surface area contributed by atoms with Crippen molar-refractivity contribution in [2.75, 3.05) is 6.61 Å². The van der Waals surface area contributed by atoms with Crippen molar-refractivity contribution in [3.05, 3.63) is 152 Å². The number of allylic oxidation sites excluding steroid dienone is 2. The van der Waals surface area contributed by atoms with Crippen LogP contribution in [0, 0.1) is 11.8 Å². The van der Waals surface area contributed by atoms with E-state index >= 15 is 0 Å². The van der Waals surface area contributed by atoms with Gasteiger partial charge in [0.25, 0.3) is 0 Å². The molecule has 2 aliphatic heterocycles. The zero-order valence-corrected chi connectivity index (χ0v) is 38.3. The fraction of sp³-hybridized carbons (Fsp3) is 0.311. The van der Waals surface area contributed by atoms with E-state index in [1.165, 1.54) is 11.1 Å². The molecule has 4 aromatic carbocycles. The van der Waals surface area contributed by atoms with Crippen LogP contribution in [0.4, 0.5) is 0 Å². The maximum absolute atomic E-state index is 12.6. The summed E-state index contributed by atoms with van der Waals surface area (Å²) in [5.74, 6) is 0.704. The van der Waals surface area contributed by atoms with Crippen LogP contribution >= 0.6 is 60.4 Å². The molecule has 2 heterocycles. The summed E-state index contributed by atoms with van der Waals surface area (Å²) >= 11 is 17.1. The number of hydrogen-bond acceptors (Lipinski definition) is 7. The molecule has 4 aliphatic rings. The van der Waals surface area contributed by atoms with Gasteiger partial charge in [-0.25, -0.2) is 9.59 Å². The molecule has 7 nitrogen and oxygen atoms in total. The van der Waals surface area contributed by atoms with Crippen molar-refractivity contribution >= 4 is 90.2 Å². The molecule has 0 atom stereocenters. The average molecular weight is 1150 g/mol. The number of esters is 2. The molecule has 0 bridgehead atoms. The van der Waals surface area contributed by atoms with Gasteiger partial charge in [0.05, 0.1) is 11.1 Å². The van der Waals surface area contributed by atoms with Crippen LogP contribution < -0.4 is 13.3 Å². The van der Waals surface area contributed by atoms with E-state index in [-0.39, 0.29) is 37.3 Å². The minimum Gasteiger partial charge on any atom is -0.454 e. The molecule has 0 unspecified atom stereocenters. The Balaban J connectivity index is 0.000000197. The van der Waals surface area contributed by atoms with Crippen LogP contribution in [0.3, 0.4) is 0 Å². The fourth-order valence-corrected chi connectivity index (χ4v) is 7.64. The largest absolute Gasteiger partial charge is 0.454 e. The molecule has 0 radical (unpaired) electrons. The molecule has 2 saturated carbocycles. The van der Waals surface area contributed by atoms with Gasteiger partial charge in [-0.15, -0.1) is 0 Å². The van der Waals surface area contributed by atoms with Crippen molar-refractivity contribution < 1.29 is 46.7 Å². The van der Waals surface area contributed by atoms with Gasteiger partial charge in [0, 0.05) is 27.1 Å². The predicted molar refractivity (Wildman–Crippen MR) is 238 cm³/mol. The second-order valence-corrected chi connectivity index (χ2v) is 31.0. The van der Waals surface area contributed by atoms with Crippen molar-refractivity contribution in [2.24, 2.45) is 11.8 Å². The summed E-state index contributed by atoms with van der Waals surface area (Å²) in [6.45, 7) is -0.129. The van der Waals surface area contributed by atoms with E-state index in [0.29, 0.717) is 53.3 Å². The van der Waals surface area contributed by atoms with E-state index in [0.717, 1.165) is 67.7 Å². The molecule has 0 N–H and O–H groups in total. The van der Waals surface area contributed by atoms with Crippen LogP contribution in [0.5, 0.6) is 0 Å². The van der Waals surface area contributed by atoms with Gasteiger partial charge in [0.15, 0.2) is 12.4 Å². The first-order chi connectivity index (χ1) is 27.1. The van der Waals surface area contributed by atoms with Gasteiger partial charge in [0.2, 0.25) is 11.6 Å². The number of fused-ring (bicyclic) bond motifs is 2. The molecule has 0 amide bonds. The van der Waals surface area contributed by atoms with Crippen LogP contribution in [0.2, 0.25) is 10.0 Å². The number of benzene rings is 4. The van der Waals surface area contributed by atoms with E-state index in [1.807, 2.05) is 30.3 Å². The van der Waals surface area contributed by atoms with Crippen LogP contribution in [-0.2, 0) is 14.3 Å². The monoisotopic (exact) mass is 1150 g/mol. The maximum atomic E-state index is 12.6. The van der Waals surface area contributed by atoms with Crippen LogP contribution in [0.15, 0.2) is 109 Å². The van der Waals surface area contributed by atoms with Crippen LogP contribution in [-0.4, -0.2) is 36.4 Å². The Kier molecular flexibility index (Phi) is 19.6. The van der Waals surface area contributed by atoms with Crippen molar-refractivity contribution in [1.29, 1.82) is 0 Å². The molecule has 2 aliphatic carbocycles. The molecule has 0 saturated heterocycles. The van der Waals surface area contributed by atoms with E-state index < -0.39 is 11.9 Å². The molecule has 302 valence electrons. The number of carbonyl (C=O) groups excluding carboxylic acids is 5. The van der Waals surface area contributed by atoms with Crippen molar-refractivity contribution in [2.45, 2.75) is 70.6 Å². The number of halogens is 5. The van der Waals surface area contributed by atoms with Crippen molar-refractivity contribution in [1.82, 2.24) is 0 Å². The van der Waals surface area contributed by atoms with Crippen molar-refractivity contribution in [3.8, 4) is 0 Å². The third-order valence-electron chi connectivity index (χ3n) is 10.4. The zero-order valence-electron chi connectivity index (χ0n) is 30.3. The summed E-state index contributed by atoms with van der Waals surface area (Å²) in [5.41, 5.74) is 4.30. The smallest absolute Gasteiger partial charge is 0.344 e. The third-order valence-corrected chi connectivity index (χ3v) is 10.9. The minimum atomic E-state index is -0.443. The molecule has 2 fully saturated rings. The first kappa shape index (κ1) is 47.0. The van der Waals surface area contributed by atoms with Gasteiger partial charge in [-0.05, 0) is 123 Å². The van der Waals surface area contributed by atoms with Gasteiger partial charge in [0.1, 0.15) is 6.29 Å². The molecule has 8 rings (SSSR count). The fourth-order valence-electron chi connectivity index (χ4n) is 7.39. The maximum Gasteiger partial charge on any atom is 0.344 e. The molecular formula is C45H44Cl2I3O7-. The molecule has 12 heteroatoms. The number of carbonyl (C=O) groups is 5. The van der Waals surface area contributed by atoms with Gasteiger partial charge < -0.3 is 14.3 Å². The Morgan fingerprint density at radius 2 is 1.00 bits per heavy atom. The number of aldehydes is 1. The van der Waals surface area contributed by atoms with Gasteiger partial charge in [-0.3, -0.25) is 9.59 Å². The first-order valence-corrected chi connectivity index (χ1v) is 31.6. The third kappa shape index (κ3) is 13.4. The SMILES string of the molecule is C.I[I-]I.O=C1COC(=O)c2ccccc21.O=C1O/C(=C\C2CCC(c3ccc(Cl)cc3)CC2)C(=O)c2ccccc21.O=CC1CCC(c2ccc(Cl)cc2)CC1. The number of hydrogen-bond donors (Lipinski definition) is 0. The van der Waals surface area contributed by atoms with E-state index in [1.54, 1.807) is 48.5 Å². The Morgan fingerprint density at radius 3 is 1.46 bits per heavy atom. The quantitative estimate of drug-likeness (QED) is 0.0868. The normalized spacial score (nSPS) is 21.6. The minimum absolute atomic E-state index is 0. The second-order valence-electron chi connectivity index (χ2n) is 13.9. The van der Waals surface area contributed by atoms with E-state index in [9.17, 15) is 24.0 Å². The first-order valence-electron chi connectivity index (χ1n) is 18.3. The molecule has 0 spiro atoms. The molecule has 57 heavy (non-hydrogen) atoms. The van der Waals surface area contributed by atoms with Crippen LogP contribution in [0.25, 0.3) is 0 Å². The standard InChI is InChI=1S/C22H19ClO3.C13H15ClO.C9H6O3.CH4.I3/c23-17-11-9-16(10-12-17)15-7-5-14(6-8-15)13-20-21(24)18-3-1-2-4-19(18)22(25)26-20;14-13-7-5-12(6-8-13)11-3-1-10(9-15)2-4-11;10-8-5-12-9(11)7-4-2-1-3-6(7)8;;1-3-2/h1-4,9-15H,5-8H2;5-11H,1-4H2;1-4H,5H2;1H4;/q;;;;-1/b20-13-;;;;. The van der Waals surface area contributed by atoms with Crippen LogP contribution in [0.1, 0.15) is 123 Å². The van der Waals surface area contributed by atoms with E-state index in [2.05, 4.69) is 66.2 Å². The number of cyclic esters (lactones) is 2. The number of ketones is 2. The average Bonchev–Trinajstić information content (AvgIpc) is 3.23. The Hall–Kier alpha value is -2.66. The van der Waals surface area contributed by atoms with Gasteiger partial charge >= 0.3 is 62.4 Å². The zero-order chi connectivity index (χ0) is 40.0. The predicted octanol–water partition coefficient (Wildman–Crippen LogP) is 9.81.